The first kappa shape index (κ1) is 13.8. The molecule has 1 aromatic carbocycles. The Bertz CT molecular complexity index is 699. The summed E-state index contributed by atoms with van der Waals surface area (Å²) in [6.45, 7) is 4.22. The van der Waals surface area contributed by atoms with E-state index in [-0.39, 0.29) is 12.0 Å². The van der Waals surface area contributed by atoms with Crippen molar-refractivity contribution in [2.24, 2.45) is 0 Å². The molecule has 2 heterocycles. The second kappa shape index (κ2) is 5.69. The summed E-state index contributed by atoms with van der Waals surface area (Å²) in [6.07, 6.45) is 0.934. The van der Waals surface area contributed by atoms with Crippen molar-refractivity contribution in [1.82, 2.24) is 15.5 Å². The van der Waals surface area contributed by atoms with Gasteiger partial charge in [0.25, 0.3) is 0 Å². The normalized spacial score (nSPS) is 14.4. The molecule has 5 heteroatoms. The zero-order chi connectivity index (χ0) is 14.8. The van der Waals surface area contributed by atoms with Gasteiger partial charge in [0.1, 0.15) is 5.58 Å². The molecule has 2 aromatic heterocycles. The van der Waals surface area contributed by atoms with Crippen LogP contribution in [0.15, 0.2) is 39.3 Å². The van der Waals surface area contributed by atoms with Gasteiger partial charge in [-0.2, -0.15) is 4.98 Å². The quantitative estimate of drug-likeness (QED) is 0.776. The van der Waals surface area contributed by atoms with Gasteiger partial charge >= 0.3 is 0 Å². The van der Waals surface area contributed by atoms with E-state index < -0.39 is 0 Å². The highest BCUT2D eigenvalue weighted by molar-refractivity contribution is 5.81. The van der Waals surface area contributed by atoms with Gasteiger partial charge in [0.15, 0.2) is 5.76 Å². The average Bonchev–Trinajstić information content (AvgIpc) is 3.14. The van der Waals surface area contributed by atoms with Crippen molar-refractivity contribution >= 4 is 11.0 Å². The molecule has 3 rings (SSSR count). The van der Waals surface area contributed by atoms with Crippen molar-refractivity contribution in [2.45, 2.75) is 32.2 Å². The van der Waals surface area contributed by atoms with E-state index in [1.54, 1.807) is 0 Å². The summed E-state index contributed by atoms with van der Waals surface area (Å²) in [7, 11) is 1.93. The fourth-order valence-electron chi connectivity index (χ4n) is 2.52. The lowest BCUT2D eigenvalue weighted by Crippen LogP contribution is -2.28. The number of furan rings is 1. The molecule has 5 nitrogen and oxygen atoms in total. The van der Waals surface area contributed by atoms with Gasteiger partial charge in [-0.15, -0.1) is 0 Å². The van der Waals surface area contributed by atoms with Gasteiger partial charge in [-0.05, 0) is 32.5 Å². The highest BCUT2D eigenvalue weighted by Crippen LogP contribution is 2.28. The van der Waals surface area contributed by atoms with Gasteiger partial charge in [-0.1, -0.05) is 30.3 Å². The standard InChI is InChI=1S/C16H19N3O2/c1-4-12(10(2)17-3)16-18-15(19-21-16)14-9-11-7-5-6-8-13(11)20-14/h5-10,12,17H,4H2,1-3H3. The minimum Gasteiger partial charge on any atom is -0.453 e. The van der Waals surface area contributed by atoms with Crippen LogP contribution >= 0.6 is 0 Å². The molecule has 0 saturated heterocycles. The minimum absolute atomic E-state index is 0.195. The van der Waals surface area contributed by atoms with E-state index in [1.165, 1.54) is 0 Å². The molecule has 110 valence electrons. The molecule has 0 radical (unpaired) electrons. The molecule has 0 aliphatic rings. The molecule has 3 aromatic rings. The van der Waals surface area contributed by atoms with Crippen molar-refractivity contribution < 1.29 is 8.94 Å². The maximum Gasteiger partial charge on any atom is 0.238 e. The fourth-order valence-corrected chi connectivity index (χ4v) is 2.52. The van der Waals surface area contributed by atoms with Crippen LogP contribution in [-0.2, 0) is 0 Å². The summed E-state index contributed by atoms with van der Waals surface area (Å²) in [5, 5.41) is 8.33. The summed E-state index contributed by atoms with van der Waals surface area (Å²) < 4.78 is 11.2. The maximum atomic E-state index is 5.77. The molecule has 0 aliphatic heterocycles. The predicted molar refractivity (Wildman–Crippen MR) is 81.1 cm³/mol. The van der Waals surface area contributed by atoms with Crippen LogP contribution in [0.3, 0.4) is 0 Å². The summed E-state index contributed by atoms with van der Waals surface area (Å²) in [5.41, 5.74) is 0.828. The summed E-state index contributed by atoms with van der Waals surface area (Å²) in [5.74, 6) is 1.98. The van der Waals surface area contributed by atoms with Crippen molar-refractivity contribution in [3.63, 3.8) is 0 Å². The predicted octanol–water partition coefficient (Wildman–Crippen LogP) is 3.58. The smallest absolute Gasteiger partial charge is 0.238 e. The molecule has 0 aliphatic carbocycles. The van der Waals surface area contributed by atoms with Crippen molar-refractivity contribution in [3.8, 4) is 11.6 Å². The lowest BCUT2D eigenvalue weighted by molar-refractivity contribution is 0.321. The van der Waals surface area contributed by atoms with Crippen LogP contribution in [-0.4, -0.2) is 23.2 Å². The first-order chi connectivity index (χ1) is 10.2. The molecule has 2 atom stereocenters. The number of para-hydroxylation sites is 1. The number of likely N-dealkylation sites (N-methyl/N-ethyl adjacent to an activating group) is 1. The molecule has 0 bridgehead atoms. The Morgan fingerprint density at radius 2 is 2.10 bits per heavy atom. The number of fused-ring (bicyclic) bond motifs is 1. The van der Waals surface area contributed by atoms with Gasteiger partial charge in [0.2, 0.25) is 11.7 Å². The Morgan fingerprint density at radius 3 is 2.81 bits per heavy atom. The SMILES string of the molecule is CCC(c1nc(-c2cc3ccccc3o2)no1)C(C)NC. The summed E-state index contributed by atoms with van der Waals surface area (Å²) in [6, 6.07) is 10.1. The second-order valence-corrected chi connectivity index (χ2v) is 5.20. The van der Waals surface area contributed by atoms with Crippen molar-refractivity contribution in [3.05, 3.63) is 36.2 Å². The van der Waals surface area contributed by atoms with E-state index in [2.05, 4.69) is 29.3 Å². The van der Waals surface area contributed by atoms with Crippen LogP contribution in [0.5, 0.6) is 0 Å². The van der Waals surface area contributed by atoms with E-state index in [4.69, 9.17) is 8.94 Å². The van der Waals surface area contributed by atoms with E-state index >= 15 is 0 Å². The number of nitrogens with zero attached hydrogens (tertiary/aromatic N) is 2. The minimum atomic E-state index is 0.195. The molecule has 0 fully saturated rings. The van der Waals surface area contributed by atoms with E-state index in [1.807, 2.05) is 37.4 Å². The van der Waals surface area contributed by atoms with Crippen LogP contribution in [0.1, 0.15) is 32.1 Å². The van der Waals surface area contributed by atoms with Crippen LogP contribution in [0.4, 0.5) is 0 Å². The number of aromatic nitrogens is 2. The fraction of sp³-hybridized carbons (Fsp3) is 0.375. The van der Waals surface area contributed by atoms with Crippen LogP contribution < -0.4 is 5.32 Å². The molecule has 1 N–H and O–H groups in total. The molecular weight excluding hydrogens is 266 g/mol. The summed E-state index contributed by atoms with van der Waals surface area (Å²) in [4.78, 5) is 4.50. The Labute approximate surface area is 123 Å². The highest BCUT2D eigenvalue weighted by atomic mass is 16.5. The highest BCUT2D eigenvalue weighted by Gasteiger charge is 2.23. The number of hydrogen-bond acceptors (Lipinski definition) is 5. The summed E-state index contributed by atoms with van der Waals surface area (Å²) >= 11 is 0. The van der Waals surface area contributed by atoms with E-state index in [0.717, 1.165) is 17.4 Å². The molecule has 2 unspecified atom stereocenters. The zero-order valence-electron chi connectivity index (χ0n) is 12.5. The Morgan fingerprint density at radius 1 is 1.29 bits per heavy atom. The van der Waals surface area contributed by atoms with E-state index in [9.17, 15) is 0 Å². The lowest BCUT2D eigenvalue weighted by Gasteiger charge is -2.17. The first-order valence-corrected chi connectivity index (χ1v) is 7.22. The van der Waals surface area contributed by atoms with E-state index in [0.29, 0.717) is 17.5 Å². The number of hydrogen-bond donors (Lipinski definition) is 1. The van der Waals surface area contributed by atoms with Crippen molar-refractivity contribution in [1.29, 1.82) is 0 Å². The monoisotopic (exact) mass is 285 g/mol. The van der Waals surface area contributed by atoms with Gasteiger partial charge in [-0.25, -0.2) is 0 Å². The molecular formula is C16H19N3O2. The molecule has 0 spiro atoms. The lowest BCUT2D eigenvalue weighted by atomic mass is 9.98. The number of nitrogens with one attached hydrogen (secondary N) is 1. The van der Waals surface area contributed by atoms with Gasteiger partial charge in [-0.3, -0.25) is 0 Å². The largest absolute Gasteiger partial charge is 0.453 e. The topological polar surface area (TPSA) is 64.1 Å². The number of rotatable bonds is 5. The third kappa shape index (κ3) is 2.56. The molecule has 21 heavy (non-hydrogen) atoms. The van der Waals surface area contributed by atoms with Crippen LogP contribution in [0, 0.1) is 0 Å². The maximum absolute atomic E-state index is 5.77. The van der Waals surface area contributed by atoms with Gasteiger partial charge < -0.3 is 14.3 Å². The third-order valence-electron chi connectivity index (χ3n) is 3.90. The molecule has 0 amide bonds. The Kier molecular flexibility index (Phi) is 3.75. The first-order valence-electron chi connectivity index (χ1n) is 7.22. The Balaban J connectivity index is 1.93. The van der Waals surface area contributed by atoms with Crippen LogP contribution in [0.2, 0.25) is 0 Å². The van der Waals surface area contributed by atoms with Gasteiger partial charge in [0.05, 0.1) is 5.92 Å². The second-order valence-electron chi connectivity index (χ2n) is 5.20. The third-order valence-corrected chi connectivity index (χ3v) is 3.90. The average molecular weight is 285 g/mol. The van der Waals surface area contributed by atoms with Gasteiger partial charge in [0, 0.05) is 11.4 Å². The molecule has 0 saturated carbocycles. The Hall–Kier alpha value is -2.14. The van der Waals surface area contributed by atoms with Crippen LogP contribution in [0.25, 0.3) is 22.6 Å². The van der Waals surface area contributed by atoms with Crippen molar-refractivity contribution in [2.75, 3.05) is 7.05 Å². The zero-order valence-corrected chi connectivity index (χ0v) is 12.5. The number of benzene rings is 1.